The maximum Gasteiger partial charge on any atom is 0.227 e. The van der Waals surface area contributed by atoms with Crippen molar-refractivity contribution in [1.82, 2.24) is 9.55 Å². The van der Waals surface area contributed by atoms with E-state index >= 15 is 0 Å². The van der Waals surface area contributed by atoms with E-state index in [2.05, 4.69) is 167 Å². The summed E-state index contributed by atoms with van der Waals surface area (Å²) in [6.45, 7) is 11.5. The zero-order chi connectivity index (χ0) is 41.6. The van der Waals surface area contributed by atoms with Crippen LogP contribution in [-0.2, 0) is 10.8 Å². The fourth-order valence-electron chi connectivity index (χ4n) is 10.4. The van der Waals surface area contributed by atoms with E-state index in [0.29, 0.717) is 5.89 Å². The van der Waals surface area contributed by atoms with Crippen molar-refractivity contribution in [2.75, 3.05) is 5.32 Å². The third-order valence-corrected chi connectivity index (χ3v) is 13.6. The van der Waals surface area contributed by atoms with Gasteiger partial charge in [0.1, 0.15) is 16.7 Å². The van der Waals surface area contributed by atoms with Gasteiger partial charge in [-0.05, 0) is 98.9 Å². The van der Waals surface area contributed by atoms with Gasteiger partial charge in [-0.25, -0.2) is 4.98 Å². The minimum Gasteiger partial charge on any atom is -0.456 e. The number of oxazole rings is 1. The highest BCUT2D eigenvalue weighted by Crippen LogP contribution is 2.52. The standard InChI is InChI=1S/C56H41BN3O2/c1-55(2,3)32-19-21-33(22-20-32)58-45-27-43-38(34-15-9-11-17-42(34)56(43,4)5)25-39(45)36-23-24-37-40-26-41-35-16-10-12-18-49(35)61-50(41)29-47(40)60-48-30-51-46(28-44(48)57-52(36)53(37)60)59-54(62-51)31-13-7-6-8-14-31/h6-30,58H,1-5H3. The van der Waals surface area contributed by atoms with Crippen LogP contribution in [0.15, 0.2) is 160 Å². The number of furan rings is 1. The zero-order valence-corrected chi connectivity index (χ0v) is 35.2. The fraction of sp³-hybridized carbons (Fsp3) is 0.125. The minimum atomic E-state index is -0.157. The second-order valence-electron chi connectivity index (χ2n) is 18.7. The Bertz CT molecular complexity index is 3690. The second kappa shape index (κ2) is 12.4. The van der Waals surface area contributed by atoms with Crippen LogP contribution in [0.25, 0.3) is 94.2 Å². The van der Waals surface area contributed by atoms with Crippen LogP contribution in [0.2, 0.25) is 0 Å². The summed E-state index contributed by atoms with van der Waals surface area (Å²) in [5.74, 6) is 0.611. The number of rotatable bonds is 4. The average Bonchev–Trinajstić information content (AvgIpc) is 4.01. The Morgan fingerprint density at radius 1 is 0.597 bits per heavy atom. The van der Waals surface area contributed by atoms with E-state index in [4.69, 9.17) is 13.8 Å². The first kappa shape index (κ1) is 35.5. The molecule has 1 N–H and O–H groups in total. The molecule has 0 bridgehead atoms. The number of anilines is 2. The summed E-state index contributed by atoms with van der Waals surface area (Å²) >= 11 is 0. The van der Waals surface area contributed by atoms with E-state index < -0.39 is 0 Å². The lowest BCUT2D eigenvalue weighted by Gasteiger charge is -2.26. The Hall–Kier alpha value is -7.31. The van der Waals surface area contributed by atoms with Gasteiger partial charge in [-0.1, -0.05) is 125 Å². The maximum absolute atomic E-state index is 6.54. The molecule has 1 aliphatic heterocycles. The van der Waals surface area contributed by atoms with E-state index in [9.17, 15) is 0 Å². The first-order chi connectivity index (χ1) is 30.1. The molecular formula is C56H41BN3O2. The minimum absolute atomic E-state index is 0.0616. The Labute approximate surface area is 359 Å². The Balaban J connectivity index is 1.09. The molecule has 0 unspecified atom stereocenters. The number of aromatic nitrogens is 2. The molecule has 5 nitrogen and oxygen atoms in total. The van der Waals surface area contributed by atoms with Crippen molar-refractivity contribution in [1.29, 1.82) is 0 Å². The van der Waals surface area contributed by atoms with Gasteiger partial charge < -0.3 is 18.7 Å². The molecule has 3 aromatic heterocycles. The Morgan fingerprint density at radius 2 is 1.39 bits per heavy atom. The van der Waals surface area contributed by atoms with Gasteiger partial charge in [0.25, 0.3) is 0 Å². The van der Waals surface area contributed by atoms with Crippen molar-refractivity contribution in [3.63, 3.8) is 0 Å². The van der Waals surface area contributed by atoms with Crippen LogP contribution in [0.5, 0.6) is 0 Å². The van der Waals surface area contributed by atoms with E-state index in [0.717, 1.165) is 88.7 Å². The van der Waals surface area contributed by atoms with E-state index in [1.165, 1.54) is 38.6 Å². The molecule has 0 saturated heterocycles. The monoisotopic (exact) mass is 798 g/mol. The number of para-hydroxylation sites is 1. The molecule has 0 fully saturated rings. The van der Waals surface area contributed by atoms with Gasteiger partial charge in [0.15, 0.2) is 12.9 Å². The number of benzene rings is 8. The lowest BCUT2D eigenvalue weighted by molar-refractivity contribution is 0.590. The van der Waals surface area contributed by atoms with Crippen molar-refractivity contribution in [3.05, 3.63) is 168 Å². The molecule has 8 aromatic carbocycles. The fourth-order valence-corrected chi connectivity index (χ4v) is 10.4. The van der Waals surface area contributed by atoms with Crippen LogP contribution in [0, 0.1) is 0 Å². The van der Waals surface area contributed by atoms with Crippen molar-refractivity contribution in [2.24, 2.45) is 0 Å². The Kier molecular flexibility index (Phi) is 7.08. The summed E-state index contributed by atoms with van der Waals surface area (Å²) in [4.78, 5) is 5.03. The highest BCUT2D eigenvalue weighted by Gasteiger charge is 2.37. The van der Waals surface area contributed by atoms with Gasteiger partial charge >= 0.3 is 0 Å². The van der Waals surface area contributed by atoms with Crippen LogP contribution in [0.1, 0.15) is 51.3 Å². The molecule has 6 heteroatoms. The quantitative estimate of drug-likeness (QED) is 0.180. The molecule has 0 spiro atoms. The molecular weight excluding hydrogens is 757 g/mol. The van der Waals surface area contributed by atoms with Crippen LogP contribution < -0.4 is 16.2 Å². The number of nitrogens with zero attached hydrogens (tertiary/aromatic N) is 2. The SMILES string of the molecule is CC(C)(C)c1ccc(Nc2cc3c(cc2-c2ccc4c5cc6c(cc5n5c4c2[B]c2cc4nc(-c7ccccc7)oc4cc2-5)oc2ccccc26)-c2ccccc2C3(C)C)cc1. The maximum atomic E-state index is 6.54. The molecule has 1 radical (unpaired) electrons. The van der Waals surface area contributed by atoms with Gasteiger partial charge in [0.2, 0.25) is 5.89 Å². The smallest absolute Gasteiger partial charge is 0.227 e. The number of nitrogens with one attached hydrogen (secondary N) is 1. The lowest BCUT2D eigenvalue weighted by atomic mass is 9.59. The van der Waals surface area contributed by atoms with Crippen molar-refractivity contribution in [3.8, 4) is 39.4 Å². The second-order valence-corrected chi connectivity index (χ2v) is 18.7. The van der Waals surface area contributed by atoms with Gasteiger partial charge in [0, 0.05) is 72.8 Å². The van der Waals surface area contributed by atoms with E-state index in [1.54, 1.807) is 0 Å². The number of fused-ring (bicyclic) bond motifs is 12. The lowest BCUT2D eigenvalue weighted by Crippen LogP contribution is -2.37. The van der Waals surface area contributed by atoms with Gasteiger partial charge in [0.05, 0.1) is 5.52 Å². The molecule has 2 aliphatic rings. The van der Waals surface area contributed by atoms with Crippen molar-refractivity contribution in [2.45, 2.75) is 45.4 Å². The summed E-state index contributed by atoms with van der Waals surface area (Å²) in [5.41, 5.74) is 20.7. The topological polar surface area (TPSA) is 56.1 Å². The average molecular weight is 799 g/mol. The van der Waals surface area contributed by atoms with Crippen LogP contribution in [0.3, 0.4) is 0 Å². The normalized spacial score (nSPS) is 13.8. The third-order valence-electron chi connectivity index (χ3n) is 13.6. The van der Waals surface area contributed by atoms with Gasteiger partial charge in [-0.3, -0.25) is 0 Å². The molecule has 62 heavy (non-hydrogen) atoms. The van der Waals surface area contributed by atoms with Gasteiger partial charge in [-0.15, -0.1) is 0 Å². The van der Waals surface area contributed by atoms with Crippen LogP contribution in [0.4, 0.5) is 11.4 Å². The van der Waals surface area contributed by atoms with E-state index in [1.807, 2.05) is 36.4 Å². The molecule has 0 atom stereocenters. The highest BCUT2D eigenvalue weighted by molar-refractivity contribution is 6.73. The number of hydrogen-bond donors (Lipinski definition) is 1. The molecule has 0 saturated carbocycles. The molecule has 13 rings (SSSR count). The van der Waals surface area contributed by atoms with E-state index in [-0.39, 0.29) is 10.8 Å². The molecule has 1 aliphatic carbocycles. The first-order valence-electron chi connectivity index (χ1n) is 21.5. The predicted octanol–water partition coefficient (Wildman–Crippen LogP) is 13.5. The zero-order valence-electron chi connectivity index (χ0n) is 35.2. The van der Waals surface area contributed by atoms with Crippen molar-refractivity contribution < 1.29 is 8.83 Å². The highest BCUT2D eigenvalue weighted by atomic mass is 16.3. The summed E-state index contributed by atoms with van der Waals surface area (Å²) in [7, 11) is 2.37. The van der Waals surface area contributed by atoms with Crippen LogP contribution >= 0.6 is 0 Å². The van der Waals surface area contributed by atoms with Gasteiger partial charge in [-0.2, -0.15) is 0 Å². The molecule has 295 valence electrons. The molecule has 11 aromatic rings. The van der Waals surface area contributed by atoms with Crippen molar-refractivity contribution >= 4 is 84.4 Å². The predicted molar refractivity (Wildman–Crippen MR) is 258 cm³/mol. The first-order valence-corrected chi connectivity index (χ1v) is 21.5. The summed E-state index contributed by atoms with van der Waals surface area (Å²) in [6, 6.07) is 54.7. The van der Waals surface area contributed by atoms with Crippen LogP contribution in [-0.4, -0.2) is 16.8 Å². The number of hydrogen-bond acceptors (Lipinski definition) is 4. The summed E-state index contributed by atoms with van der Waals surface area (Å²) in [5, 5.41) is 8.55. The molecule has 0 amide bonds. The Morgan fingerprint density at radius 3 is 2.23 bits per heavy atom. The molecule has 4 heterocycles. The summed E-state index contributed by atoms with van der Waals surface area (Å²) in [6.07, 6.45) is 0. The largest absolute Gasteiger partial charge is 0.456 e. The third kappa shape index (κ3) is 5.01. The summed E-state index contributed by atoms with van der Waals surface area (Å²) < 4.78 is 15.5.